The molecule has 0 radical (unpaired) electrons. The summed E-state index contributed by atoms with van der Waals surface area (Å²) in [6, 6.07) is 14.5. The molecule has 0 bridgehead atoms. The van der Waals surface area contributed by atoms with Crippen LogP contribution in [0.5, 0.6) is 0 Å². The summed E-state index contributed by atoms with van der Waals surface area (Å²) < 4.78 is 1.51. The van der Waals surface area contributed by atoms with Gasteiger partial charge in [-0.1, -0.05) is 18.2 Å². The van der Waals surface area contributed by atoms with E-state index >= 15 is 0 Å². The summed E-state index contributed by atoms with van der Waals surface area (Å²) in [6.07, 6.45) is 5.65. The summed E-state index contributed by atoms with van der Waals surface area (Å²) in [5.41, 5.74) is 1.25. The van der Waals surface area contributed by atoms with Crippen LogP contribution in [-0.4, -0.2) is 33.7 Å². The van der Waals surface area contributed by atoms with E-state index < -0.39 is 0 Å². The second kappa shape index (κ2) is 9.86. The maximum Gasteiger partial charge on any atom is 0.347 e. The molecular weight excluding hydrogens is 356 g/mol. The molecule has 0 saturated carbocycles. The lowest BCUT2D eigenvalue weighted by atomic mass is 10.2. The van der Waals surface area contributed by atoms with Crippen molar-refractivity contribution in [2.45, 2.75) is 13.0 Å². The van der Waals surface area contributed by atoms with Gasteiger partial charge in [-0.3, -0.25) is 4.57 Å². The fourth-order valence-electron chi connectivity index (χ4n) is 2.60. The molecule has 144 valence electrons. The molecule has 8 nitrogen and oxygen atoms in total. The molecule has 28 heavy (non-hydrogen) atoms. The first-order valence-corrected chi connectivity index (χ1v) is 9.01. The summed E-state index contributed by atoms with van der Waals surface area (Å²) in [6.45, 7) is 1.64. The van der Waals surface area contributed by atoms with Crippen molar-refractivity contribution in [3.8, 4) is 0 Å². The summed E-state index contributed by atoms with van der Waals surface area (Å²) in [5, 5.41) is 8.81. The number of benzene rings is 1. The molecule has 3 rings (SSSR count). The minimum absolute atomic E-state index is 0.270. The van der Waals surface area contributed by atoms with Gasteiger partial charge in [-0.05, 0) is 42.3 Å². The monoisotopic (exact) mass is 378 g/mol. The lowest BCUT2D eigenvalue weighted by Gasteiger charge is -2.10. The lowest BCUT2D eigenvalue weighted by Crippen LogP contribution is -2.30. The first-order valence-electron chi connectivity index (χ1n) is 9.01. The molecule has 3 N–H and O–H groups in total. The van der Waals surface area contributed by atoms with Crippen LogP contribution < -0.4 is 21.6 Å². The van der Waals surface area contributed by atoms with E-state index in [1.165, 1.54) is 10.8 Å². The molecule has 0 aliphatic rings. The Kier molecular flexibility index (Phi) is 6.73. The third-order valence-electron chi connectivity index (χ3n) is 3.93. The number of hydrogen-bond donors (Lipinski definition) is 3. The van der Waals surface area contributed by atoms with Gasteiger partial charge in [-0.25, -0.2) is 19.6 Å². The summed E-state index contributed by atoms with van der Waals surface area (Å²) in [5.74, 6) is 0.816. The molecule has 2 aromatic heterocycles. The van der Waals surface area contributed by atoms with E-state index in [2.05, 4.69) is 25.9 Å². The zero-order valence-electron chi connectivity index (χ0n) is 15.3. The Morgan fingerprint density at radius 2 is 1.89 bits per heavy atom. The Morgan fingerprint density at radius 3 is 2.71 bits per heavy atom. The Bertz CT molecular complexity index is 958. The third kappa shape index (κ3) is 5.94. The molecule has 0 unspecified atom stereocenters. The van der Waals surface area contributed by atoms with Crippen LogP contribution >= 0.6 is 0 Å². The number of carbonyl (C=O) groups is 1. The molecule has 0 saturated heterocycles. The van der Waals surface area contributed by atoms with E-state index in [0.29, 0.717) is 25.3 Å². The fraction of sp³-hybridized carbons (Fsp3) is 0.200. The molecule has 2 amide bonds. The molecule has 0 atom stereocenters. The normalized spacial score (nSPS) is 10.3. The van der Waals surface area contributed by atoms with Gasteiger partial charge in [0.25, 0.3) is 0 Å². The van der Waals surface area contributed by atoms with Crippen molar-refractivity contribution in [3.05, 3.63) is 83.2 Å². The van der Waals surface area contributed by atoms with E-state index in [-0.39, 0.29) is 11.7 Å². The fourth-order valence-corrected chi connectivity index (χ4v) is 2.60. The molecule has 3 aromatic rings. The van der Waals surface area contributed by atoms with Crippen LogP contribution in [0.2, 0.25) is 0 Å². The number of hydrogen-bond acceptors (Lipinski definition) is 5. The van der Waals surface area contributed by atoms with Crippen molar-refractivity contribution < 1.29 is 4.79 Å². The van der Waals surface area contributed by atoms with Gasteiger partial charge >= 0.3 is 11.7 Å². The maximum atomic E-state index is 12.0. The van der Waals surface area contributed by atoms with Gasteiger partial charge in [0.15, 0.2) is 0 Å². The predicted molar refractivity (Wildman–Crippen MR) is 108 cm³/mol. The van der Waals surface area contributed by atoms with Gasteiger partial charge in [0.2, 0.25) is 0 Å². The quantitative estimate of drug-likeness (QED) is 0.522. The van der Waals surface area contributed by atoms with Crippen LogP contribution in [0, 0.1) is 0 Å². The Labute approximate surface area is 162 Å². The number of urea groups is 1. The molecule has 2 heterocycles. The van der Waals surface area contributed by atoms with Gasteiger partial charge in [0.1, 0.15) is 5.82 Å². The van der Waals surface area contributed by atoms with Gasteiger partial charge < -0.3 is 16.0 Å². The SMILES string of the molecule is O=C(NCCCNc1ccccn1)Nc1cccc(Cn2cccnc2=O)c1. The highest BCUT2D eigenvalue weighted by atomic mass is 16.2. The van der Waals surface area contributed by atoms with Crippen LogP contribution in [0.25, 0.3) is 0 Å². The molecule has 8 heteroatoms. The van der Waals surface area contributed by atoms with Crippen molar-refractivity contribution in [3.63, 3.8) is 0 Å². The average Bonchev–Trinajstić information content (AvgIpc) is 2.70. The van der Waals surface area contributed by atoms with Gasteiger partial charge in [-0.15, -0.1) is 0 Å². The molecule has 0 spiro atoms. The van der Waals surface area contributed by atoms with Crippen LogP contribution in [-0.2, 0) is 6.54 Å². The highest BCUT2D eigenvalue weighted by Crippen LogP contribution is 2.11. The molecular formula is C20H22N6O2. The Morgan fingerprint density at radius 1 is 1.00 bits per heavy atom. The predicted octanol–water partition coefficient (Wildman–Crippen LogP) is 2.31. The van der Waals surface area contributed by atoms with Crippen LogP contribution in [0.1, 0.15) is 12.0 Å². The standard InChI is InChI=1S/C20H22N6O2/c27-19(23-11-4-10-22-18-8-1-2-9-21-18)25-17-7-3-6-16(14-17)15-26-13-5-12-24-20(26)28/h1-3,5-9,12-14H,4,10-11,15H2,(H,21,22)(H2,23,25,27). The number of anilines is 2. The van der Waals surface area contributed by atoms with Crippen LogP contribution in [0.4, 0.5) is 16.3 Å². The smallest absolute Gasteiger partial charge is 0.347 e. The number of amides is 2. The number of rotatable bonds is 8. The number of pyridine rings is 1. The molecule has 0 aliphatic heterocycles. The van der Waals surface area contributed by atoms with Gasteiger partial charge in [0, 0.05) is 37.4 Å². The second-order valence-electron chi connectivity index (χ2n) is 6.11. The van der Waals surface area contributed by atoms with Crippen molar-refractivity contribution in [1.82, 2.24) is 19.9 Å². The largest absolute Gasteiger partial charge is 0.370 e. The van der Waals surface area contributed by atoms with E-state index in [9.17, 15) is 9.59 Å². The van der Waals surface area contributed by atoms with Crippen LogP contribution in [0.15, 0.2) is 71.9 Å². The number of aromatic nitrogens is 3. The van der Waals surface area contributed by atoms with E-state index in [1.54, 1.807) is 24.5 Å². The highest BCUT2D eigenvalue weighted by molar-refractivity contribution is 5.89. The summed E-state index contributed by atoms with van der Waals surface area (Å²) >= 11 is 0. The van der Waals surface area contributed by atoms with E-state index in [1.807, 2.05) is 36.4 Å². The second-order valence-corrected chi connectivity index (χ2v) is 6.11. The van der Waals surface area contributed by atoms with E-state index in [4.69, 9.17) is 0 Å². The summed E-state index contributed by atoms with van der Waals surface area (Å²) in [4.78, 5) is 31.7. The van der Waals surface area contributed by atoms with Crippen molar-refractivity contribution in [1.29, 1.82) is 0 Å². The minimum atomic E-state index is -0.307. The molecule has 0 aliphatic carbocycles. The van der Waals surface area contributed by atoms with Crippen molar-refractivity contribution in [2.24, 2.45) is 0 Å². The third-order valence-corrected chi connectivity index (χ3v) is 3.93. The summed E-state index contributed by atoms with van der Waals surface area (Å²) in [7, 11) is 0. The van der Waals surface area contributed by atoms with Crippen molar-refractivity contribution >= 4 is 17.5 Å². The van der Waals surface area contributed by atoms with Gasteiger partial charge in [-0.2, -0.15) is 0 Å². The molecule has 1 aromatic carbocycles. The number of nitrogens with one attached hydrogen (secondary N) is 3. The topological polar surface area (TPSA) is 101 Å². The highest BCUT2D eigenvalue weighted by Gasteiger charge is 2.03. The lowest BCUT2D eigenvalue weighted by molar-refractivity contribution is 0.252. The zero-order chi connectivity index (χ0) is 19.6. The van der Waals surface area contributed by atoms with Crippen LogP contribution in [0.3, 0.4) is 0 Å². The Hall–Kier alpha value is -3.68. The zero-order valence-corrected chi connectivity index (χ0v) is 15.3. The van der Waals surface area contributed by atoms with E-state index in [0.717, 1.165) is 17.8 Å². The first-order chi connectivity index (χ1) is 13.7. The minimum Gasteiger partial charge on any atom is -0.370 e. The van der Waals surface area contributed by atoms with Gasteiger partial charge in [0.05, 0.1) is 6.54 Å². The number of nitrogens with zero attached hydrogens (tertiary/aromatic N) is 3. The molecule has 0 fully saturated rings. The average molecular weight is 378 g/mol. The first kappa shape index (κ1) is 19.1. The maximum absolute atomic E-state index is 12.0. The number of carbonyl (C=O) groups excluding carboxylic acids is 1. The van der Waals surface area contributed by atoms with Crippen molar-refractivity contribution in [2.75, 3.05) is 23.7 Å². The Balaban J connectivity index is 1.42.